The number of nitrogens with two attached hydrogens (primary N) is 1. The average molecular weight is 181 g/mol. The van der Waals surface area contributed by atoms with Crippen molar-refractivity contribution in [1.82, 2.24) is 0 Å². The lowest BCUT2D eigenvalue weighted by molar-refractivity contribution is -0.133. The molecule has 0 heterocycles. The number of carbonyl (C=O) groups excluding carboxylic acids is 1. The molecule has 2 bridgehead atoms. The van der Waals surface area contributed by atoms with Crippen LogP contribution in [0.2, 0.25) is 0 Å². The van der Waals surface area contributed by atoms with Gasteiger partial charge in [-0.05, 0) is 31.1 Å². The standard InChI is InChI=1S/C9H11NO3/c10-8(11)6-4-1-2-5(3-4)7(6)9(12)13/h4-5H,1-3H2,(H2,10,11)(H,12,13). The fourth-order valence-corrected chi connectivity index (χ4v) is 2.57. The SMILES string of the molecule is NC(=O)C1=C(C(=O)O)C2CCC1C2. The molecule has 0 aromatic heterocycles. The number of carboxylic acids is 1. The van der Waals surface area contributed by atoms with Crippen molar-refractivity contribution in [2.24, 2.45) is 17.6 Å². The summed E-state index contributed by atoms with van der Waals surface area (Å²) >= 11 is 0. The lowest BCUT2D eigenvalue weighted by Crippen LogP contribution is -2.23. The Morgan fingerprint density at radius 3 is 2.15 bits per heavy atom. The molecule has 0 aliphatic heterocycles. The first kappa shape index (κ1) is 8.29. The van der Waals surface area contributed by atoms with Gasteiger partial charge in [-0.2, -0.15) is 0 Å². The summed E-state index contributed by atoms with van der Waals surface area (Å²) in [5.74, 6) is -1.33. The minimum atomic E-state index is -0.971. The van der Waals surface area contributed by atoms with Gasteiger partial charge < -0.3 is 10.8 Å². The number of aliphatic carboxylic acids is 1. The molecule has 13 heavy (non-hydrogen) atoms. The Kier molecular flexibility index (Phi) is 1.65. The molecule has 4 nitrogen and oxygen atoms in total. The first-order valence-electron chi connectivity index (χ1n) is 4.38. The van der Waals surface area contributed by atoms with Crippen molar-refractivity contribution in [3.05, 3.63) is 11.1 Å². The molecular formula is C9H11NO3. The van der Waals surface area contributed by atoms with Gasteiger partial charge >= 0.3 is 5.97 Å². The molecule has 2 atom stereocenters. The summed E-state index contributed by atoms with van der Waals surface area (Å²) in [6.07, 6.45) is 2.61. The molecule has 2 aliphatic rings. The maximum atomic E-state index is 11.0. The smallest absolute Gasteiger partial charge is 0.332 e. The highest BCUT2D eigenvalue weighted by Gasteiger charge is 2.43. The van der Waals surface area contributed by atoms with Crippen LogP contribution in [0.3, 0.4) is 0 Å². The Morgan fingerprint density at radius 2 is 1.77 bits per heavy atom. The lowest BCUT2D eigenvalue weighted by Gasteiger charge is -2.13. The van der Waals surface area contributed by atoms with Crippen LogP contribution in [0.25, 0.3) is 0 Å². The van der Waals surface area contributed by atoms with Gasteiger partial charge in [-0.15, -0.1) is 0 Å². The summed E-state index contributed by atoms with van der Waals surface area (Å²) in [5.41, 5.74) is 5.81. The second-order valence-electron chi connectivity index (χ2n) is 3.70. The number of rotatable bonds is 2. The number of carbonyl (C=O) groups is 2. The van der Waals surface area contributed by atoms with E-state index in [0.717, 1.165) is 19.3 Å². The molecule has 0 saturated heterocycles. The van der Waals surface area contributed by atoms with E-state index in [4.69, 9.17) is 10.8 Å². The van der Waals surface area contributed by atoms with Gasteiger partial charge in [0, 0.05) is 11.1 Å². The largest absolute Gasteiger partial charge is 0.478 e. The first-order chi connectivity index (χ1) is 6.11. The summed E-state index contributed by atoms with van der Waals surface area (Å²) in [5, 5.41) is 8.89. The fourth-order valence-electron chi connectivity index (χ4n) is 2.57. The average Bonchev–Trinajstić information content (AvgIpc) is 2.60. The van der Waals surface area contributed by atoms with E-state index in [-0.39, 0.29) is 17.4 Å². The van der Waals surface area contributed by atoms with Crippen LogP contribution >= 0.6 is 0 Å². The maximum Gasteiger partial charge on any atom is 0.332 e. The Balaban J connectivity index is 2.46. The van der Waals surface area contributed by atoms with Crippen molar-refractivity contribution < 1.29 is 14.7 Å². The molecule has 1 saturated carbocycles. The Hall–Kier alpha value is -1.32. The van der Waals surface area contributed by atoms with Crippen LogP contribution in [-0.2, 0) is 9.59 Å². The third kappa shape index (κ3) is 1.05. The van der Waals surface area contributed by atoms with Gasteiger partial charge in [0.05, 0.1) is 0 Å². The van der Waals surface area contributed by atoms with Gasteiger partial charge in [-0.3, -0.25) is 4.79 Å². The molecule has 1 fully saturated rings. The monoisotopic (exact) mass is 181 g/mol. The molecule has 0 spiro atoms. The quantitative estimate of drug-likeness (QED) is 0.642. The molecule has 2 aliphatic carbocycles. The van der Waals surface area contributed by atoms with Crippen molar-refractivity contribution in [2.75, 3.05) is 0 Å². The highest BCUT2D eigenvalue weighted by molar-refractivity contribution is 6.03. The fraction of sp³-hybridized carbons (Fsp3) is 0.556. The van der Waals surface area contributed by atoms with E-state index in [1.807, 2.05) is 0 Å². The highest BCUT2D eigenvalue weighted by Crippen LogP contribution is 2.48. The van der Waals surface area contributed by atoms with Crippen molar-refractivity contribution in [2.45, 2.75) is 19.3 Å². The number of primary amides is 1. The Bertz CT molecular complexity index is 289. The van der Waals surface area contributed by atoms with Crippen LogP contribution in [0.4, 0.5) is 0 Å². The van der Waals surface area contributed by atoms with Gasteiger partial charge in [0.15, 0.2) is 0 Å². The predicted octanol–water partition coefficient (Wildman–Crippen LogP) is 0.283. The van der Waals surface area contributed by atoms with Gasteiger partial charge in [-0.1, -0.05) is 0 Å². The topological polar surface area (TPSA) is 80.4 Å². The van der Waals surface area contributed by atoms with Crippen LogP contribution in [0, 0.1) is 11.8 Å². The zero-order valence-electron chi connectivity index (χ0n) is 7.12. The van der Waals surface area contributed by atoms with E-state index in [1.54, 1.807) is 0 Å². The second kappa shape index (κ2) is 2.58. The number of fused-ring (bicyclic) bond motifs is 2. The van der Waals surface area contributed by atoms with Crippen molar-refractivity contribution in [3.8, 4) is 0 Å². The Morgan fingerprint density at radius 1 is 1.23 bits per heavy atom. The molecule has 1 amide bonds. The van der Waals surface area contributed by atoms with Crippen LogP contribution in [0.15, 0.2) is 11.1 Å². The molecule has 70 valence electrons. The molecule has 4 heteroatoms. The number of amides is 1. The molecule has 0 aromatic carbocycles. The summed E-state index contributed by atoms with van der Waals surface area (Å²) < 4.78 is 0. The summed E-state index contributed by atoms with van der Waals surface area (Å²) in [7, 11) is 0. The van der Waals surface area contributed by atoms with E-state index in [1.165, 1.54) is 0 Å². The second-order valence-corrected chi connectivity index (χ2v) is 3.70. The number of carboxylic acid groups (broad SMARTS) is 1. The normalized spacial score (nSPS) is 31.1. The Labute approximate surface area is 75.4 Å². The van der Waals surface area contributed by atoms with Gasteiger partial charge in [0.25, 0.3) is 0 Å². The van der Waals surface area contributed by atoms with Gasteiger partial charge in [-0.25, -0.2) is 4.79 Å². The van der Waals surface area contributed by atoms with E-state index in [9.17, 15) is 9.59 Å². The maximum absolute atomic E-state index is 11.0. The minimum absolute atomic E-state index is 0.0741. The zero-order valence-corrected chi connectivity index (χ0v) is 7.12. The molecule has 3 N–H and O–H groups in total. The van der Waals surface area contributed by atoms with E-state index in [2.05, 4.69) is 0 Å². The third-order valence-electron chi connectivity index (χ3n) is 3.04. The van der Waals surface area contributed by atoms with E-state index >= 15 is 0 Å². The van der Waals surface area contributed by atoms with Crippen LogP contribution < -0.4 is 5.73 Å². The van der Waals surface area contributed by atoms with Gasteiger partial charge in [0.1, 0.15) is 0 Å². The molecule has 2 rings (SSSR count). The van der Waals surface area contributed by atoms with Crippen LogP contribution in [0.1, 0.15) is 19.3 Å². The van der Waals surface area contributed by atoms with E-state index < -0.39 is 11.9 Å². The zero-order chi connectivity index (χ0) is 9.59. The van der Waals surface area contributed by atoms with Gasteiger partial charge in [0.2, 0.25) is 5.91 Å². The number of hydrogen-bond acceptors (Lipinski definition) is 2. The molecule has 2 unspecified atom stereocenters. The predicted molar refractivity (Wildman–Crippen MR) is 44.7 cm³/mol. The minimum Gasteiger partial charge on any atom is -0.478 e. The lowest BCUT2D eigenvalue weighted by atomic mass is 9.91. The molecular weight excluding hydrogens is 170 g/mol. The first-order valence-corrected chi connectivity index (χ1v) is 4.38. The van der Waals surface area contributed by atoms with Crippen molar-refractivity contribution >= 4 is 11.9 Å². The van der Waals surface area contributed by atoms with Crippen LogP contribution in [-0.4, -0.2) is 17.0 Å². The number of hydrogen-bond donors (Lipinski definition) is 2. The summed E-state index contributed by atoms with van der Waals surface area (Å²) in [6, 6.07) is 0. The molecule has 0 radical (unpaired) electrons. The third-order valence-corrected chi connectivity index (χ3v) is 3.04. The molecule has 0 aromatic rings. The van der Waals surface area contributed by atoms with Crippen molar-refractivity contribution in [1.29, 1.82) is 0 Å². The summed E-state index contributed by atoms with van der Waals surface area (Å²) in [4.78, 5) is 21.8. The summed E-state index contributed by atoms with van der Waals surface area (Å²) in [6.45, 7) is 0. The van der Waals surface area contributed by atoms with Crippen LogP contribution in [0.5, 0.6) is 0 Å². The van der Waals surface area contributed by atoms with Crippen molar-refractivity contribution in [3.63, 3.8) is 0 Å². The van der Waals surface area contributed by atoms with E-state index in [0.29, 0.717) is 5.57 Å². The highest BCUT2D eigenvalue weighted by atomic mass is 16.4.